The van der Waals surface area contributed by atoms with Crippen molar-refractivity contribution in [2.75, 3.05) is 26.7 Å². The van der Waals surface area contributed by atoms with Crippen molar-refractivity contribution in [2.24, 2.45) is 0 Å². The topological polar surface area (TPSA) is 24.3 Å². The molecule has 1 saturated heterocycles. The molecule has 3 aromatic rings. The first-order valence-electron chi connectivity index (χ1n) is 9.94. The van der Waals surface area contributed by atoms with Crippen molar-refractivity contribution in [3.05, 3.63) is 64.5 Å². The summed E-state index contributed by atoms with van der Waals surface area (Å²) in [6.45, 7) is 5.09. The minimum absolute atomic E-state index is 0.0181. The first-order valence-corrected chi connectivity index (χ1v) is 10.8. The summed E-state index contributed by atoms with van der Waals surface area (Å²) in [4.78, 5) is 11.4. The minimum Gasteiger partial charge on any atom is -0.325 e. The van der Waals surface area contributed by atoms with Crippen molar-refractivity contribution < 1.29 is 4.39 Å². The van der Waals surface area contributed by atoms with Gasteiger partial charge in [-0.3, -0.25) is 9.80 Å². The van der Waals surface area contributed by atoms with Gasteiger partial charge < -0.3 is 4.57 Å². The van der Waals surface area contributed by atoms with Crippen LogP contribution in [-0.2, 0) is 18.6 Å². The number of aromatic nitrogens is 2. The highest BCUT2D eigenvalue weighted by atomic mass is 32.1. The van der Waals surface area contributed by atoms with Crippen LogP contribution in [-0.4, -0.2) is 46.0 Å². The Morgan fingerprint density at radius 2 is 1.96 bits per heavy atom. The van der Waals surface area contributed by atoms with E-state index >= 15 is 0 Å². The van der Waals surface area contributed by atoms with Gasteiger partial charge in [0.2, 0.25) is 0 Å². The van der Waals surface area contributed by atoms with E-state index in [9.17, 15) is 4.39 Å². The second-order valence-corrected chi connectivity index (χ2v) is 8.97. The maximum Gasteiger partial charge on any atom is 0.129 e. The van der Waals surface area contributed by atoms with E-state index in [1.165, 1.54) is 10.9 Å². The second kappa shape index (κ2) is 7.10. The van der Waals surface area contributed by atoms with Crippen molar-refractivity contribution in [3.8, 4) is 11.3 Å². The van der Waals surface area contributed by atoms with E-state index in [4.69, 9.17) is 4.98 Å². The predicted octanol–water partition coefficient (Wildman–Crippen LogP) is 4.19. The molecule has 0 atom stereocenters. The standard InChI is InChI=1S/C22H25FN4S/c1-25-11-12-27-20(17-4-2-5-18(23)14-17)15-24-21(27)22(25)7-9-26(10-8-22)16-19-6-3-13-28-19/h2-6,13-15H,7-12,16H2,1H3. The molecule has 0 unspecified atom stereocenters. The fourth-order valence-corrected chi connectivity index (χ4v) is 5.54. The van der Waals surface area contributed by atoms with Crippen LogP contribution in [0.4, 0.5) is 4.39 Å². The molecular weight excluding hydrogens is 371 g/mol. The molecule has 5 rings (SSSR count). The Kier molecular flexibility index (Phi) is 4.57. The van der Waals surface area contributed by atoms with Gasteiger partial charge in [-0.1, -0.05) is 18.2 Å². The molecule has 2 aliphatic heterocycles. The van der Waals surface area contributed by atoms with Gasteiger partial charge in [0, 0.05) is 43.2 Å². The van der Waals surface area contributed by atoms with E-state index in [2.05, 4.69) is 38.9 Å². The molecule has 1 spiro atoms. The molecule has 0 radical (unpaired) electrons. The van der Waals surface area contributed by atoms with E-state index in [0.717, 1.165) is 62.6 Å². The average molecular weight is 397 g/mol. The van der Waals surface area contributed by atoms with Crippen LogP contribution in [0.5, 0.6) is 0 Å². The lowest BCUT2D eigenvalue weighted by atomic mass is 9.83. The Labute approximate surface area is 169 Å². The molecule has 0 saturated carbocycles. The Balaban J connectivity index is 1.43. The maximum absolute atomic E-state index is 13.8. The summed E-state index contributed by atoms with van der Waals surface area (Å²) >= 11 is 1.84. The van der Waals surface area contributed by atoms with Crippen LogP contribution in [0.1, 0.15) is 23.5 Å². The Morgan fingerprint density at radius 3 is 2.71 bits per heavy atom. The lowest BCUT2D eigenvalue weighted by Gasteiger charge is -2.49. The van der Waals surface area contributed by atoms with E-state index in [1.807, 2.05) is 23.6 Å². The van der Waals surface area contributed by atoms with Crippen molar-refractivity contribution in [3.63, 3.8) is 0 Å². The summed E-state index contributed by atoms with van der Waals surface area (Å²) in [5, 5.41) is 2.15. The molecule has 146 valence electrons. The molecule has 0 aliphatic carbocycles. The Bertz CT molecular complexity index is 957. The molecule has 0 N–H and O–H groups in total. The third-order valence-electron chi connectivity index (χ3n) is 6.42. The van der Waals surface area contributed by atoms with Gasteiger partial charge >= 0.3 is 0 Å². The maximum atomic E-state index is 13.8. The highest BCUT2D eigenvalue weighted by molar-refractivity contribution is 7.09. The van der Waals surface area contributed by atoms with E-state index in [-0.39, 0.29) is 11.4 Å². The first kappa shape index (κ1) is 18.0. The lowest BCUT2D eigenvalue weighted by molar-refractivity contribution is 0.00725. The summed E-state index contributed by atoms with van der Waals surface area (Å²) in [6, 6.07) is 11.2. The summed E-state index contributed by atoms with van der Waals surface area (Å²) in [6.07, 6.45) is 4.09. The van der Waals surface area contributed by atoms with Crippen molar-refractivity contribution in [2.45, 2.75) is 31.5 Å². The number of likely N-dealkylation sites (tertiary alicyclic amines) is 1. The van der Waals surface area contributed by atoms with E-state index in [1.54, 1.807) is 12.1 Å². The largest absolute Gasteiger partial charge is 0.325 e. The molecule has 1 fully saturated rings. The van der Waals surface area contributed by atoms with Crippen LogP contribution in [0.25, 0.3) is 11.3 Å². The normalized spacial score (nSPS) is 19.8. The first-order chi connectivity index (χ1) is 13.7. The van der Waals surface area contributed by atoms with Gasteiger partial charge in [-0.25, -0.2) is 9.37 Å². The van der Waals surface area contributed by atoms with Gasteiger partial charge in [-0.05, 0) is 43.5 Å². The lowest BCUT2D eigenvalue weighted by Crippen LogP contribution is -2.56. The number of benzene rings is 1. The monoisotopic (exact) mass is 396 g/mol. The second-order valence-electron chi connectivity index (χ2n) is 7.94. The molecule has 6 heteroatoms. The number of piperidine rings is 1. The molecule has 2 aromatic heterocycles. The number of halogens is 1. The van der Waals surface area contributed by atoms with Gasteiger partial charge in [0.05, 0.1) is 17.4 Å². The fraction of sp³-hybridized carbons (Fsp3) is 0.409. The molecule has 4 nitrogen and oxygen atoms in total. The van der Waals surface area contributed by atoms with Crippen LogP contribution in [0.15, 0.2) is 48.0 Å². The summed E-state index contributed by atoms with van der Waals surface area (Å²) in [5.74, 6) is 0.953. The molecular formula is C22H25FN4S. The molecule has 1 aromatic carbocycles. The van der Waals surface area contributed by atoms with Gasteiger partial charge in [-0.2, -0.15) is 0 Å². The summed E-state index contributed by atoms with van der Waals surface area (Å²) in [5.41, 5.74) is 1.92. The number of thiophene rings is 1. The highest BCUT2D eigenvalue weighted by Gasteiger charge is 2.45. The third kappa shape index (κ3) is 3.00. The quantitative estimate of drug-likeness (QED) is 0.664. The van der Waals surface area contributed by atoms with Gasteiger partial charge in [-0.15, -0.1) is 11.3 Å². The molecule has 0 amide bonds. The number of likely N-dealkylation sites (N-methyl/N-ethyl adjacent to an activating group) is 1. The number of hydrogen-bond donors (Lipinski definition) is 0. The van der Waals surface area contributed by atoms with Gasteiger partial charge in [0.1, 0.15) is 11.6 Å². The van der Waals surface area contributed by atoms with Crippen LogP contribution in [0, 0.1) is 5.82 Å². The molecule has 28 heavy (non-hydrogen) atoms. The summed E-state index contributed by atoms with van der Waals surface area (Å²) < 4.78 is 16.1. The predicted molar refractivity (Wildman–Crippen MR) is 111 cm³/mol. The smallest absolute Gasteiger partial charge is 0.129 e. The minimum atomic E-state index is -0.197. The van der Waals surface area contributed by atoms with Crippen LogP contribution in [0.3, 0.4) is 0 Å². The van der Waals surface area contributed by atoms with E-state index < -0.39 is 0 Å². The van der Waals surface area contributed by atoms with E-state index in [0.29, 0.717) is 0 Å². The molecule has 4 heterocycles. The number of fused-ring (bicyclic) bond motifs is 2. The Morgan fingerprint density at radius 1 is 1.11 bits per heavy atom. The van der Waals surface area contributed by atoms with Gasteiger partial charge in [0.15, 0.2) is 0 Å². The van der Waals surface area contributed by atoms with Crippen LogP contribution < -0.4 is 0 Å². The zero-order valence-corrected chi connectivity index (χ0v) is 17.0. The number of nitrogens with zero attached hydrogens (tertiary/aromatic N) is 4. The zero-order valence-electron chi connectivity index (χ0n) is 16.1. The molecule has 0 bridgehead atoms. The number of hydrogen-bond acceptors (Lipinski definition) is 4. The molecule has 2 aliphatic rings. The van der Waals surface area contributed by atoms with Crippen LogP contribution in [0.2, 0.25) is 0 Å². The number of rotatable bonds is 3. The average Bonchev–Trinajstić information content (AvgIpc) is 3.36. The third-order valence-corrected chi connectivity index (χ3v) is 7.29. The zero-order chi connectivity index (χ0) is 19.1. The fourth-order valence-electron chi connectivity index (χ4n) is 4.80. The van der Waals surface area contributed by atoms with Crippen molar-refractivity contribution in [1.82, 2.24) is 19.4 Å². The van der Waals surface area contributed by atoms with Crippen molar-refractivity contribution in [1.29, 1.82) is 0 Å². The SMILES string of the molecule is CN1CCn2c(-c3cccc(F)c3)cnc2C12CCN(Cc1cccs1)CC2. The Hall–Kier alpha value is -2.02. The highest BCUT2D eigenvalue weighted by Crippen LogP contribution is 2.41. The number of imidazole rings is 1. The summed E-state index contributed by atoms with van der Waals surface area (Å²) in [7, 11) is 2.23. The van der Waals surface area contributed by atoms with Gasteiger partial charge in [0.25, 0.3) is 0 Å². The van der Waals surface area contributed by atoms with Crippen LogP contribution >= 0.6 is 11.3 Å². The van der Waals surface area contributed by atoms with Crippen molar-refractivity contribution >= 4 is 11.3 Å².